The first-order valence-corrected chi connectivity index (χ1v) is 5.45. The molecule has 0 aromatic heterocycles. The largest absolute Gasteiger partial charge is 0.373 e. The lowest BCUT2D eigenvalue weighted by Crippen LogP contribution is -2.28. The molecule has 3 nitrogen and oxygen atoms in total. The first kappa shape index (κ1) is 12.0. The SMILES string of the molecule is CNCC1CCC(COC(C)(C)C)O1. The van der Waals surface area contributed by atoms with E-state index >= 15 is 0 Å². The van der Waals surface area contributed by atoms with Gasteiger partial charge >= 0.3 is 0 Å². The third-order valence-electron chi connectivity index (χ3n) is 2.33. The van der Waals surface area contributed by atoms with Crippen molar-refractivity contribution in [3.63, 3.8) is 0 Å². The van der Waals surface area contributed by atoms with Gasteiger partial charge in [-0.2, -0.15) is 0 Å². The van der Waals surface area contributed by atoms with Crippen LogP contribution in [-0.4, -0.2) is 38.0 Å². The van der Waals surface area contributed by atoms with E-state index in [1.165, 1.54) is 0 Å². The average Bonchev–Trinajstić information content (AvgIpc) is 2.49. The Labute approximate surface area is 87.2 Å². The van der Waals surface area contributed by atoms with Crippen molar-refractivity contribution < 1.29 is 9.47 Å². The van der Waals surface area contributed by atoms with Gasteiger partial charge in [0.05, 0.1) is 24.4 Å². The molecule has 84 valence electrons. The monoisotopic (exact) mass is 201 g/mol. The number of rotatable bonds is 4. The Balaban J connectivity index is 2.16. The van der Waals surface area contributed by atoms with Crippen molar-refractivity contribution in [3.05, 3.63) is 0 Å². The minimum atomic E-state index is -0.0511. The highest BCUT2D eigenvalue weighted by atomic mass is 16.6. The summed E-state index contributed by atoms with van der Waals surface area (Å²) in [6.07, 6.45) is 2.96. The highest BCUT2D eigenvalue weighted by molar-refractivity contribution is 4.75. The van der Waals surface area contributed by atoms with Gasteiger partial charge in [-0.05, 0) is 40.7 Å². The summed E-state index contributed by atoms with van der Waals surface area (Å²) in [5.41, 5.74) is -0.0511. The zero-order valence-electron chi connectivity index (χ0n) is 9.80. The Morgan fingerprint density at radius 1 is 1.29 bits per heavy atom. The molecule has 1 aliphatic heterocycles. The predicted octanol–water partition coefficient (Wildman–Crippen LogP) is 1.57. The lowest BCUT2D eigenvalue weighted by atomic mass is 10.1. The molecule has 1 fully saturated rings. The van der Waals surface area contributed by atoms with Gasteiger partial charge in [0.25, 0.3) is 0 Å². The van der Waals surface area contributed by atoms with Crippen molar-refractivity contribution in [2.45, 2.75) is 51.4 Å². The fourth-order valence-corrected chi connectivity index (χ4v) is 1.62. The van der Waals surface area contributed by atoms with Gasteiger partial charge in [0, 0.05) is 6.54 Å². The summed E-state index contributed by atoms with van der Waals surface area (Å²) in [6.45, 7) is 7.91. The van der Waals surface area contributed by atoms with Crippen LogP contribution in [0, 0.1) is 0 Å². The molecular weight excluding hydrogens is 178 g/mol. The molecule has 1 N–H and O–H groups in total. The lowest BCUT2D eigenvalue weighted by Gasteiger charge is -2.22. The second-order valence-electron chi connectivity index (χ2n) is 4.94. The van der Waals surface area contributed by atoms with Crippen LogP contribution in [0.4, 0.5) is 0 Å². The normalized spacial score (nSPS) is 28.3. The van der Waals surface area contributed by atoms with Crippen molar-refractivity contribution in [1.82, 2.24) is 5.32 Å². The quantitative estimate of drug-likeness (QED) is 0.749. The molecule has 14 heavy (non-hydrogen) atoms. The molecule has 0 spiro atoms. The summed E-state index contributed by atoms with van der Waals surface area (Å²) in [7, 11) is 1.96. The van der Waals surface area contributed by atoms with E-state index in [1.54, 1.807) is 0 Å². The van der Waals surface area contributed by atoms with Crippen LogP contribution in [-0.2, 0) is 9.47 Å². The Hall–Kier alpha value is -0.120. The maximum Gasteiger partial charge on any atom is 0.0814 e. The van der Waals surface area contributed by atoms with E-state index in [4.69, 9.17) is 9.47 Å². The molecule has 3 heteroatoms. The summed E-state index contributed by atoms with van der Waals surface area (Å²) >= 11 is 0. The van der Waals surface area contributed by atoms with E-state index in [0.717, 1.165) is 26.0 Å². The maximum atomic E-state index is 5.81. The minimum Gasteiger partial charge on any atom is -0.373 e. The highest BCUT2D eigenvalue weighted by Gasteiger charge is 2.26. The van der Waals surface area contributed by atoms with Crippen molar-refractivity contribution in [2.75, 3.05) is 20.2 Å². The predicted molar refractivity (Wildman–Crippen MR) is 57.5 cm³/mol. The molecule has 2 unspecified atom stereocenters. The summed E-state index contributed by atoms with van der Waals surface area (Å²) in [5, 5.41) is 3.14. The maximum absolute atomic E-state index is 5.81. The molecule has 0 amide bonds. The standard InChI is InChI=1S/C11H23NO2/c1-11(2,3)13-8-10-6-5-9(14-10)7-12-4/h9-10,12H,5-8H2,1-4H3. The van der Waals surface area contributed by atoms with E-state index in [9.17, 15) is 0 Å². The van der Waals surface area contributed by atoms with Crippen LogP contribution < -0.4 is 5.32 Å². The second-order valence-corrected chi connectivity index (χ2v) is 4.94. The third-order valence-corrected chi connectivity index (χ3v) is 2.33. The van der Waals surface area contributed by atoms with Crippen molar-refractivity contribution in [2.24, 2.45) is 0 Å². The summed E-state index contributed by atoms with van der Waals surface area (Å²) in [5.74, 6) is 0. The van der Waals surface area contributed by atoms with Crippen LogP contribution in [0.2, 0.25) is 0 Å². The number of hydrogen-bond donors (Lipinski definition) is 1. The van der Waals surface area contributed by atoms with E-state index < -0.39 is 0 Å². The van der Waals surface area contributed by atoms with Crippen LogP contribution >= 0.6 is 0 Å². The molecule has 0 aromatic rings. The molecule has 1 aliphatic rings. The molecule has 1 rings (SSSR count). The Bertz CT molecular complexity index is 165. The van der Waals surface area contributed by atoms with Crippen LogP contribution in [0.25, 0.3) is 0 Å². The number of nitrogens with one attached hydrogen (secondary N) is 1. The van der Waals surface area contributed by atoms with Crippen LogP contribution in [0.15, 0.2) is 0 Å². The highest BCUT2D eigenvalue weighted by Crippen LogP contribution is 2.21. The zero-order valence-corrected chi connectivity index (χ0v) is 9.80. The third kappa shape index (κ3) is 4.40. The lowest BCUT2D eigenvalue weighted by molar-refractivity contribution is -0.0685. The van der Waals surface area contributed by atoms with Crippen LogP contribution in [0.5, 0.6) is 0 Å². The van der Waals surface area contributed by atoms with E-state index in [2.05, 4.69) is 26.1 Å². The molecule has 0 aliphatic carbocycles. The Morgan fingerprint density at radius 2 is 1.93 bits per heavy atom. The smallest absolute Gasteiger partial charge is 0.0814 e. The van der Waals surface area contributed by atoms with E-state index in [0.29, 0.717) is 12.2 Å². The Kier molecular flexibility index (Phi) is 4.35. The first-order chi connectivity index (χ1) is 6.51. The average molecular weight is 201 g/mol. The van der Waals surface area contributed by atoms with Gasteiger partial charge < -0.3 is 14.8 Å². The molecule has 0 saturated carbocycles. The van der Waals surface area contributed by atoms with Gasteiger partial charge in [0.15, 0.2) is 0 Å². The van der Waals surface area contributed by atoms with Gasteiger partial charge in [0.2, 0.25) is 0 Å². The fourth-order valence-electron chi connectivity index (χ4n) is 1.62. The van der Waals surface area contributed by atoms with E-state index in [-0.39, 0.29) is 5.60 Å². The summed E-state index contributed by atoms with van der Waals surface area (Å²) in [4.78, 5) is 0. The van der Waals surface area contributed by atoms with Crippen molar-refractivity contribution >= 4 is 0 Å². The molecular formula is C11H23NO2. The fraction of sp³-hybridized carbons (Fsp3) is 1.00. The molecule has 1 saturated heterocycles. The van der Waals surface area contributed by atoms with Gasteiger partial charge in [-0.25, -0.2) is 0 Å². The van der Waals surface area contributed by atoms with Gasteiger partial charge in [-0.3, -0.25) is 0 Å². The van der Waals surface area contributed by atoms with Crippen molar-refractivity contribution in [1.29, 1.82) is 0 Å². The molecule has 0 radical (unpaired) electrons. The van der Waals surface area contributed by atoms with Gasteiger partial charge in [0.1, 0.15) is 0 Å². The number of ether oxygens (including phenoxy) is 2. The van der Waals surface area contributed by atoms with Gasteiger partial charge in [-0.1, -0.05) is 0 Å². The molecule has 1 heterocycles. The van der Waals surface area contributed by atoms with Crippen LogP contribution in [0.3, 0.4) is 0 Å². The summed E-state index contributed by atoms with van der Waals surface area (Å²) in [6, 6.07) is 0. The van der Waals surface area contributed by atoms with Crippen LogP contribution in [0.1, 0.15) is 33.6 Å². The summed E-state index contributed by atoms with van der Waals surface area (Å²) < 4.78 is 11.5. The zero-order chi connectivity index (χ0) is 10.6. The number of hydrogen-bond acceptors (Lipinski definition) is 3. The first-order valence-electron chi connectivity index (χ1n) is 5.45. The minimum absolute atomic E-state index is 0.0511. The van der Waals surface area contributed by atoms with Gasteiger partial charge in [-0.15, -0.1) is 0 Å². The second kappa shape index (κ2) is 5.10. The van der Waals surface area contributed by atoms with E-state index in [1.807, 2.05) is 7.05 Å². The molecule has 0 bridgehead atoms. The Morgan fingerprint density at radius 3 is 2.50 bits per heavy atom. The van der Waals surface area contributed by atoms with Crippen molar-refractivity contribution in [3.8, 4) is 0 Å². The molecule has 2 atom stereocenters. The molecule has 0 aromatic carbocycles. The number of likely N-dealkylation sites (N-methyl/N-ethyl adjacent to an activating group) is 1. The topological polar surface area (TPSA) is 30.5 Å².